The van der Waals surface area contributed by atoms with Gasteiger partial charge in [-0.1, -0.05) is 121 Å². The molecule has 8 aromatic rings. The molecule has 0 radical (unpaired) electrons. The number of nitrogens with zero attached hydrogens (tertiary/aromatic N) is 2. The van der Waals surface area contributed by atoms with E-state index in [-0.39, 0.29) is 12.1 Å². The molecule has 0 spiro atoms. The molecular weight excluding hydrogens is 588 g/mol. The van der Waals surface area contributed by atoms with Gasteiger partial charge in [0.2, 0.25) is 0 Å². The zero-order chi connectivity index (χ0) is 31.6. The van der Waals surface area contributed by atoms with Crippen molar-refractivity contribution in [1.29, 1.82) is 0 Å². The molecule has 10 rings (SSSR count). The van der Waals surface area contributed by atoms with Gasteiger partial charge in [0.05, 0.1) is 5.71 Å². The van der Waals surface area contributed by atoms with Gasteiger partial charge in [-0.3, -0.25) is 4.99 Å². The maximum atomic E-state index is 6.58. The van der Waals surface area contributed by atoms with Crippen LogP contribution in [0, 0.1) is 0 Å². The summed E-state index contributed by atoms with van der Waals surface area (Å²) in [5.74, 6) is 1.53. The first-order chi connectivity index (χ1) is 23.8. The Balaban J connectivity index is 1.20. The highest BCUT2D eigenvalue weighted by Gasteiger charge is 2.41. The lowest BCUT2D eigenvalue weighted by atomic mass is 9.92. The van der Waals surface area contributed by atoms with Crippen molar-refractivity contribution in [2.75, 3.05) is 0 Å². The highest BCUT2D eigenvalue weighted by atomic mass is 16.5. The minimum absolute atomic E-state index is 0.216. The predicted octanol–water partition coefficient (Wildman–Crippen LogP) is 10.8. The Morgan fingerprint density at radius 1 is 0.500 bits per heavy atom. The average Bonchev–Trinajstić information content (AvgIpc) is 3.73. The highest BCUT2D eigenvalue weighted by Crippen LogP contribution is 2.44. The Hall–Kier alpha value is -6.26. The molecule has 2 aliphatic heterocycles. The number of benzene rings is 7. The van der Waals surface area contributed by atoms with Gasteiger partial charge in [0.25, 0.3) is 0 Å². The third kappa shape index (κ3) is 4.30. The zero-order valence-electron chi connectivity index (χ0n) is 25.9. The van der Waals surface area contributed by atoms with Crippen molar-refractivity contribution in [2.24, 2.45) is 9.98 Å². The number of rotatable bonds is 4. The van der Waals surface area contributed by atoms with Crippen molar-refractivity contribution in [1.82, 2.24) is 0 Å². The van der Waals surface area contributed by atoms with Crippen molar-refractivity contribution in [3.05, 3.63) is 174 Å². The fourth-order valence-corrected chi connectivity index (χ4v) is 7.30. The van der Waals surface area contributed by atoms with Crippen LogP contribution in [0.15, 0.2) is 172 Å². The second kappa shape index (κ2) is 10.6. The molecule has 3 heterocycles. The van der Waals surface area contributed by atoms with Gasteiger partial charge in [-0.25, -0.2) is 4.99 Å². The summed E-state index contributed by atoms with van der Waals surface area (Å²) in [6.07, 6.45) is -0.315. The number of amidine groups is 1. The SMILES string of the molecule is c1ccc(-c2cccc(-c3cc(C4=NC5c6ccccc6OC5C(c5ccc6ccccc6c5)=N4)cc4oc5ccccc5c34)c2)cc1. The minimum Gasteiger partial charge on any atom is -0.481 e. The van der Waals surface area contributed by atoms with Crippen LogP contribution in [0.5, 0.6) is 5.75 Å². The third-order valence-electron chi connectivity index (χ3n) is 9.60. The third-order valence-corrected chi connectivity index (χ3v) is 9.60. The van der Waals surface area contributed by atoms with Crippen molar-refractivity contribution in [3.63, 3.8) is 0 Å². The van der Waals surface area contributed by atoms with Crippen LogP contribution in [0.2, 0.25) is 0 Å². The van der Waals surface area contributed by atoms with Crippen LogP contribution in [0.3, 0.4) is 0 Å². The van der Waals surface area contributed by atoms with Gasteiger partial charge in [0.15, 0.2) is 11.9 Å². The van der Waals surface area contributed by atoms with Gasteiger partial charge < -0.3 is 9.15 Å². The molecule has 0 fully saturated rings. The van der Waals surface area contributed by atoms with E-state index in [4.69, 9.17) is 19.1 Å². The monoisotopic (exact) mass is 616 g/mol. The number of furan rings is 1. The zero-order valence-corrected chi connectivity index (χ0v) is 25.9. The molecule has 2 aliphatic rings. The molecule has 0 bridgehead atoms. The van der Waals surface area contributed by atoms with Gasteiger partial charge >= 0.3 is 0 Å². The van der Waals surface area contributed by atoms with E-state index in [2.05, 4.69) is 127 Å². The minimum atomic E-state index is -0.315. The molecule has 4 nitrogen and oxygen atoms in total. The van der Waals surface area contributed by atoms with Crippen molar-refractivity contribution < 1.29 is 9.15 Å². The molecule has 1 aromatic heterocycles. The van der Waals surface area contributed by atoms with Crippen LogP contribution in [0.4, 0.5) is 0 Å². The molecule has 0 saturated heterocycles. The first kappa shape index (κ1) is 26.9. The van der Waals surface area contributed by atoms with Crippen LogP contribution < -0.4 is 4.74 Å². The smallest absolute Gasteiger partial charge is 0.168 e. The summed E-state index contributed by atoms with van der Waals surface area (Å²) in [7, 11) is 0. The molecule has 0 N–H and O–H groups in total. The van der Waals surface area contributed by atoms with E-state index in [1.807, 2.05) is 30.3 Å². The molecule has 7 aromatic carbocycles. The largest absolute Gasteiger partial charge is 0.481 e. The molecule has 2 unspecified atom stereocenters. The fraction of sp³-hybridized carbons (Fsp3) is 0.0455. The number of ether oxygens (including phenoxy) is 1. The van der Waals surface area contributed by atoms with Gasteiger partial charge in [0.1, 0.15) is 23.0 Å². The lowest BCUT2D eigenvalue weighted by Crippen LogP contribution is -2.33. The Bertz CT molecular complexity index is 2610. The first-order valence-corrected chi connectivity index (χ1v) is 16.3. The van der Waals surface area contributed by atoms with E-state index in [0.29, 0.717) is 5.84 Å². The van der Waals surface area contributed by atoms with Crippen molar-refractivity contribution in [2.45, 2.75) is 12.1 Å². The second-order valence-corrected chi connectivity index (χ2v) is 12.5. The Morgan fingerprint density at radius 2 is 1.27 bits per heavy atom. The predicted molar refractivity (Wildman–Crippen MR) is 195 cm³/mol. The molecule has 0 saturated carbocycles. The number of hydrogen-bond acceptors (Lipinski definition) is 4. The number of hydrogen-bond donors (Lipinski definition) is 0. The molecule has 0 aliphatic carbocycles. The molecule has 226 valence electrons. The van der Waals surface area contributed by atoms with Crippen LogP contribution >= 0.6 is 0 Å². The lowest BCUT2D eigenvalue weighted by Gasteiger charge is -2.24. The average molecular weight is 617 g/mol. The van der Waals surface area contributed by atoms with Crippen molar-refractivity contribution in [3.8, 4) is 28.0 Å². The fourth-order valence-electron chi connectivity index (χ4n) is 7.30. The van der Waals surface area contributed by atoms with Gasteiger partial charge in [0, 0.05) is 27.5 Å². The summed E-state index contributed by atoms with van der Waals surface area (Å²) in [6.45, 7) is 0. The maximum Gasteiger partial charge on any atom is 0.168 e. The Labute approximate surface area is 277 Å². The van der Waals surface area contributed by atoms with E-state index in [9.17, 15) is 0 Å². The topological polar surface area (TPSA) is 47.1 Å². The standard InChI is InChI=1S/C44H28N2O2/c1-2-11-27(12-3-1)30-15-10-16-31(23-30)36-25-33(26-39-40(36)34-17-6-8-19-37(34)47-39)44-45-41(32-22-21-28-13-4-5-14-29(28)24-32)43-42(46-44)35-18-7-9-20-38(35)48-43/h1-26,42-43H. The summed E-state index contributed by atoms with van der Waals surface area (Å²) in [4.78, 5) is 10.6. The van der Waals surface area contributed by atoms with E-state index in [1.54, 1.807) is 0 Å². The summed E-state index contributed by atoms with van der Waals surface area (Å²) < 4.78 is 13.1. The normalized spacial score (nSPS) is 16.8. The summed E-state index contributed by atoms with van der Waals surface area (Å²) >= 11 is 0. The quantitative estimate of drug-likeness (QED) is 0.197. The van der Waals surface area contributed by atoms with Gasteiger partial charge in [-0.15, -0.1) is 0 Å². The summed E-state index contributed by atoms with van der Waals surface area (Å²) in [6, 6.07) is 54.8. The first-order valence-electron chi connectivity index (χ1n) is 16.3. The van der Waals surface area contributed by atoms with E-state index in [0.717, 1.165) is 72.2 Å². The van der Waals surface area contributed by atoms with E-state index >= 15 is 0 Å². The highest BCUT2D eigenvalue weighted by molar-refractivity contribution is 6.20. The molecule has 0 amide bonds. The summed E-state index contributed by atoms with van der Waals surface area (Å²) in [5.41, 5.74) is 10.1. The second-order valence-electron chi connectivity index (χ2n) is 12.5. The van der Waals surface area contributed by atoms with Crippen LogP contribution in [0.25, 0.3) is 55.0 Å². The van der Waals surface area contributed by atoms with Crippen LogP contribution in [0.1, 0.15) is 22.7 Å². The summed E-state index contributed by atoms with van der Waals surface area (Å²) in [5, 5.41) is 4.53. The van der Waals surface area contributed by atoms with E-state index in [1.165, 1.54) is 10.9 Å². The maximum absolute atomic E-state index is 6.58. The number of aliphatic imine (C=N–C) groups is 2. The lowest BCUT2D eigenvalue weighted by molar-refractivity contribution is 0.275. The molecule has 2 atom stereocenters. The molecular formula is C44H28N2O2. The molecule has 48 heavy (non-hydrogen) atoms. The van der Waals surface area contributed by atoms with Gasteiger partial charge in [-0.05, 0) is 69.4 Å². The van der Waals surface area contributed by atoms with E-state index < -0.39 is 0 Å². The number of fused-ring (bicyclic) bond motifs is 7. The van der Waals surface area contributed by atoms with Crippen LogP contribution in [-0.2, 0) is 0 Å². The Kier molecular flexibility index (Phi) is 5.97. The van der Waals surface area contributed by atoms with Crippen LogP contribution in [-0.4, -0.2) is 17.7 Å². The van der Waals surface area contributed by atoms with Gasteiger partial charge in [-0.2, -0.15) is 0 Å². The Morgan fingerprint density at radius 3 is 2.21 bits per heavy atom. The molecule has 4 heteroatoms. The van der Waals surface area contributed by atoms with Crippen molar-refractivity contribution >= 4 is 44.3 Å². The number of para-hydroxylation sites is 2.